The zero-order chi connectivity index (χ0) is 18.9. The second-order valence-electron chi connectivity index (χ2n) is 8.53. The van der Waals surface area contributed by atoms with Crippen molar-refractivity contribution < 1.29 is 4.79 Å². The topological polar surface area (TPSA) is 20.3 Å². The van der Waals surface area contributed by atoms with E-state index in [2.05, 4.69) is 78.5 Å². The van der Waals surface area contributed by atoms with Crippen LogP contribution in [0.25, 0.3) is 0 Å². The van der Waals surface area contributed by atoms with Crippen molar-refractivity contribution in [2.24, 2.45) is 5.41 Å². The Morgan fingerprint density at radius 3 is 1.92 bits per heavy atom. The maximum absolute atomic E-state index is 13.4. The Kier molecular flexibility index (Phi) is 5.81. The Hall–Kier alpha value is -1.57. The van der Waals surface area contributed by atoms with E-state index in [9.17, 15) is 4.79 Å². The third-order valence-corrected chi connectivity index (χ3v) is 5.56. The molecule has 0 saturated carbocycles. The fourth-order valence-electron chi connectivity index (χ4n) is 4.32. The second kappa shape index (κ2) is 7.35. The molecule has 0 aromatic heterocycles. The molecular formula is C23H35NO. The molecule has 1 aromatic carbocycles. The highest BCUT2D eigenvalue weighted by molar-refractivity contribution is 6.08. The monoisotopic (exact) mass is 341 g/mol. The van der Waals surface area contributed by atoms with Crippen LogP contribution >= 0.6 is 0 Å². The fourth-order valence-corrected chi connectivity index (χ4v) is 4.32. The minimum atomic E-state index is 0.0202. The molecule has 1 heterocycles. The van der Waals surface area contributed by atoms with E-state index in [1.807, 2.05) is 0 Å². The highest BCUT2D eigenvalue weighted by Crippen LogP contribution is 2.43. The minimum absolute atomic E-state index is 0.0202. The van der Waals surface area contributed by atoms with Gasteiger partial charge in [0.05, 0.1) is 5.69 Å². The normalized spacial score (nSPS) is 17.8. The van der Waals surface area contributed by atoms with Crippen LogP contribution in [0.3, 0.4) is 0 Å². The van der Waals surface area contributed by atoms with Crippen LogP contribution in [0.5, 0.6) is 0 Å². The molecule has 138 valence electrons. The van der Waals surface area contributed by atoms with E-state index in [-0.39, 0.29) is 11.3 Å². The predicted molar refractivity (Wildman–Crippen MR) is 108 cm³/mol. The molecule has 0 unspecified atom stereocenters. The average molecular weight is 342 g/mol. The van der Waals surface area contributed by atoms with Gasteiger partial charge in [-0.25, -0.2) is 0 Å². The maximum Gasteiger partial charge on any atom is 0.254 e. The molecule has 0 atom stereocenters. The lowest BCUT2D eigenvalue weighted by Crippen LogP contribution is -2.46. The van der Waals surface area contributed by atoms with Crippen LogP contribution in [0, 0.1) is 5.41 Å². The molecule has 1 aliphatic heterocycles. The smallest absolute Gasteiger partial charge is 0.254 e. The van der Waals surface area contributed by atoms with Gasteiger partial charge in [0.2, 0.25) is 0 Å². The molecule has 2 nitrogen and oxygen atoms in total. The van der Waals surface area contributed by atoms with E-state index in [4.69, 9.17) is 0 Å². The number of amides is 1. The fraction of sp³-hybridized carbons (Fsp3) is 0.609. The van der Waals surface area contributed by atoms with Crippen molar-refractivity contribution in [3.05, 3.63) is 40.5 Å². The summed E-state index contributed by atoms with van der Waals surface area (Å²) in [5.41, 5.74) is 6.10. The Labute approximate surface area is 154 Å². The van der Waals surface area contributed by atoms with Gasteiger partial charge < -0.3 is 4.90 Å². The minimum Gasteiger partial charge on any atom is -0.307 e. The molecular weight excluding hydrogens is 306 g/mol. The van der Waals surface area contributed by atoms with Gasteiger partial charge in [0.15, 0.2) is 0 Å². The summed E-state index contributed by atoms with van der Waals surface area (Å²) in [6, 6.07) is 6.52. The number of benzene rings is 1. The van der Waals surface area contributed by atoms with E-state index in [1.165, 1.54) is 16.7 Å². The van der Waals surface area contributed by atoms with Crippen LogP contribution in [0.15, 0.2) is 29.3 Å². The summed E-state index contributed by atoms with van der Waals surface area (Å²) in [6.45, 7) is 18.5. The van der Waals surface area contributed by atoms with Crippen molar-refractivity contribution in [2.45, 2.75) is 80.1 Å². The zero-order valence-corrected chi connectivity index (χ0v) is 17.4. The number of hydrogen-bond donors (Lipinski definition) is 0. The van der Waals surface area contributed by atoms with Gasteiger partial charge in [-0.1, -0.05) is 79.2 Å². The summed E-state index contributed by atoms with van der Waals surface area (Å²) in [7, 11) is 0. The number of nitrogens with zero attached hydrogens (tertiary/aromatic N) is 1. The second-order valence-corrected chi connectivity index (χ2v) is 8.53. The Morgan fingerprint density at radius 1 is 1.00 bits per heavy atom. The third kappa shape index (κ3) is 3.54. The molecule has 0 saturated heterocycles. The van der Waals surface area contributed by atoms with Crippen LogP contribution < -0.4 is 4.90 Å². The molecule has 1 amide bonds. The van der Waals surface area contributed by atoms with E-state index in [0.29, 0.717) is 11.8 Å². The van der Waals surface area contributed by atoms with E-state index >= 15 is 0 Å². The van der Waals surface area contributed by atoms with E-state index < -0.39 is 0 Å². The number of para-hydroxylation sites is 1. The van der Waals surface area contributed by atoms with Crippen LogP contribution in [0.4, 0.5) is 5.69 Å². The first-order valence-electron chi connectivity index (χ1n) is 9.82. The largest absolute Gasteiger partial charge is 0.307 e. The molecule has 1 aliphatic rings. The van der Waals surface area contributed by atoms with Crippen LogP contribution in [0.1, 0.15) is 91.2 Å². The van der Waals surface area contributed by atoms with Crippen molar-refractivity contribution in [3.8, 4) is 0 Å². The van der Waals surface area contributed by atoms with Crippen molar-refractivity contribution in [2.75, 3.05) is 11.4 Å². The molecule has 0 spiro atoms. The first-order valence-corrected chi connectivity index (χ1v) is 9.82. The SMILES string of the molecule is CCC1=C(CC)C(C)(C)CN(c2c(C(C)C)cccc2C(C)C)C1=O. The van der Waals surface area contributed by atoms with Gasteiger partial charge in [-0.2, -0.15) is 0 Å². The highest BCUT2D eigenvalue weighted by atomic mass is 16.2. The number of hydrogen-bond acceptors (Lipinski definition) is 1. The lowest BCUT2D eigenvalue weighted by Gasteiger charge is -2.43. The van der Waals surface area contributed by atoms with E-state index in [0.717, 1.165) is 30.6 Å². The van der Waals surface area contributed by atoms with E-state index in [1.54, 1.807) is 0 Å². The number of carbonyl (C=O) groups is 1. The standard InChI is InChI=1S/C23H35NO/c1-9-17-20(10-2)23(7,8)14-24(22(17)25)21-18(15(3)4)12-11-13-19(21)16(5)6/h11-13,15-16H,9-10,14H2,1-8H3. The Balaban J connectivity index is 2.71. The Morgan fingerprint density at radius 2 is 1.52 bits per heavy atom. The van der Waals surface area contributed by atoms with Crippen molar-refractivity contribution in [1.29, 1.82) is 0 Å². The Bertz CT molecular complexity index is 653. The molecule has 2 heteroatoms. The molecule has 0 fully saturated rings. The first kappa shape index (κ1) is 19.8. The number of carbonyl (C=O) groups excluding carboxylic acids is 1. The third-order valence-electron chi connectivity index (χ3n) is 5.56. The van der Waals surface area contributed by atoms with Gasteiger partial charge in [0, 0.05) is 17.5 Å². The molecule has 2 rings (SSSR count). The highest BCUT2D eigenvalue weighted by Gasteiger charge is 2.39. The molecule has 25 heavy (non-hydrogen) atoms. The first-order chi connectivity index (χ1) is 11.7. The van der Waals surface area contributed by atoms with Crippen molar-refractivity contribution >= 4 is 11.6 Å². The van der Waals surface area contributed by atoms with Crippen LogP contribution in [-0.2, 0) is 4.79 Å². The number of anilines is 1. The zero-order valence-electron chi connectivity index (χ0n) is 17.4. The average Bonchev–Trinajstić information content (AvgIpc) is 2.55. The summed E-state index contributed by atoms with van der Waals surface area (Å²) < 4.78 is 0. The molecule has 0 N–H and O–H groups in total. The quantitative estimate of drug-likeness (QED) is 0.605. The molecule has 0 aliphatic carbocycles. The van der Waals surface area contributed by atoms with Gasteiger partial charge in [-0.3, -0.25) is 4.79 Å². The van der Waals surface area contributed by atoms with Gasteiger partial charge >= 0.3 is 0 Å². The summed E-state index contributed by atoms with van der Waals surface area (Å²) in [4.78, 5) is 15.5. The van der Waals surface area contributed by atoms with Gasteiger partial charge in [0.1, 0.15) is 0 Å². The maximum atomic E-state index is 13.4. The number of rotatable bonds is 5. The predicted octanol–water partition coefficient (Wildman–Crippen LogP) is 6.42. The molecule has 1 aromatic rings. The summed E-state index contributed by atoms with van der Waals surface area (Å²) in [5, 5.41) is 0. The lowest BCUT2D eigenvalue weighted by atomic mass is 9.75. The summed E-state index contributed by atoms with van der Waals surface area (Å²) in [6.07, 6.45) is 1.77. The van der Waals surface area contributed by atoms with Gasteiger partial charge in [0.25, 0.3) is 5.91 Å². The van der Waals surface area contributed by atoms with Gasteiger partial charge in [-0.05, 0) is 35.8 Å². The summed E-state index contributed by atoms with van der Waals surface area (Å²) >= 11 is 0. The van der Waals surface area contributed by atoms with Crippen LogP contribution in [0.2, 0.25) is 0 Å². The van der Waals surface area contributed by atoms with Crippen LogP contribution in [-0.4, -0.2) is 12.5 Å². The van der Waals surface area contributed by atoms with Crippen molar-refractivity contribution in [1.82, 2.24) is 0 Å². The van der Waals surface area contributed by atoms with Crippen molar-refractivity contribution in [3.63, 3.8) is 0 Å². The van der Waals surface area contributed by atoms with Gasteiger partial charge in [-0.15, -0.1) is 0 Å². The molecule has 0 bridgehead atoms. The summed E-state index contributed by atoms with van der Waals surface area (Å²) in [5.74, 6) is 1.01. The lowest BCUT2D eigenvalue weighted by molar-refractivity contribution is -0.116. The molecule has 0 radical (unpaired) electrons.